The smallest absolute Gasteiger partial charge is 0.317 e. The van der Waals surface area contributed by atoms with Crippen LogP contribution in [-0.2, 0) is 13.1 Å². The van der Waals surface area contributed by atoms with Crippen molar-refractivity contribution in [3.63, 3.8) is 0 Å². The maximum absolute atomic E-state index is 12.3. The molecule has 1 aliphatic carbocycles. The number of aliphatic hydroxyl groups excluding tert-OH is 2. The number of hydrogen-bond donors (Lipinski definition) is 3. The highest BCUT2D eigenvalue weighted by Gasteiger charge is 2.42. The molecular weight excluding hydrogens is 284 g/mol. The fourth-order valence-corrected chi connectivity index (χ4v) is 3.53. The number of carbonyl (C=O) groups is 1. The Morgan fingerprint density at radius 2 is 1.95 bits per heavy atom. The number of likely N-dealkylation sites (tertiary alicyclic amines) is 1. The second kappa shape index (κ2) is 6.26. The van der Waals surface area contributed by atoms with Crippen molar-refractivity contribution in [2.45, 2.75) is 45.1 Å². The van der Waals surface area contributed by atoms with E-state index in [4.69, 9.17) is 0 Å². The molecule has 2 heterocycles. The Morgan fingerprint density at radius 1 is 1.32 bits per heavy atom. The fraction of sp³-hybridized carbons (Fsp3) is 0.733. The summed E-state index contributed by atoms with van der Waals surface area (Å²) in [6, 6.07) is -0.0809. The predicted molar refractivity (Wildman–Crippen MR) is 79.9 cm³/mol. The van der Waals surface area contributed by atoms with Crippen LogP contribution in [0.5, 0.6) is 0 Å². The second-order valence-corrected chi connectivity index (χ2v) is 6.39. The SMILES string of the molecule is CCn1cc(CNC(=O)N2CC3CC(O)C(O)CC3C2)cn1. The lowest BCUT2D eigenvalue weighted by molar-refractivity contribution is -0.0372. The molecule has 22 heavy (non-hydrogen) atoms. The Hall–Kier alpha value is -1.60. The van der Waals surface area contributed by atoms with Crippen LogP contribution in [-0.4, -0.2) is 56.2 Å². The Balaban J connectivity index is 1.51. The molecule has 1 aromatic rings. The molecule has 0 aromatic carbocycles. The van der Waals surface area contributed by atoms with E-state index in [1.165, 1.54) is 0 Å². The van der Waals surface area contributed by atoms with Gasteiger partial charge in [0.25, 0.3) is 0 Å². The van der Waals surface area contributed by atoms with Crippen molar-refractivity contribution in [1.29, 1.82) is 0 Å². The summed E-state index contributed by atoms with van der Waals surface area (Å²) in [4.78, 5) is 14.1. The highest BCUT2D eigenvalue weighted by Crippen LogP contribution is 2.36. The number of aliphatic hydroxyl groups is 2. The van der Waals surface area contributed by atoms with Gasteiger partial charge >= 0.3 is 6.03 Å². The molecular formula is C15H24N4O3. The highest BCUT2D eigenvalue weighted by molar-refractivity contribution is 5.74. The first-order valence-electron chi connectivity index (χ1n) is 7.97. The third kappa shape index (κ3) is 3.10. The van der Waals surface area contributed by atoms with Gasteiger partial charge in [0.05, 0.1) is 18.4 Å². The summed E-state index contributed by atoms with van der Waals surface area (Å²) in [5.41, 5.74) is 0.984. The molecule has 122 valence electrons. The minimum absolute atomic E-state index is 0.0809. The zero-order chi connectivity index (χ0) is 15.7. The van der Waals surface area contributed by atoms with Crippen LogP contribution in [0.3, 0.4) is 0 Å². The van der Waals surface area contributed by atoms with Gasteiger partial charge < -0.3 is 20.4 Å². The quantitative estimate of drug-likeness (QED) is 0.743. The molecule has 1 aromatic heterocycles. The first-order chi connectivity index (χ1) is 10.6. The van der Waals surface area contributed by atoms with E-state index in [1.54, 1.807) is 11.1 Å². The molecule has 0 bridgehead atoms. The topological polar surface area (TPSA) is 90.6 Å². The summed E-state index contributed by atoms with van der Waals surface area (Å²) in [6.07, 6.45) is 3.56. The number of rotatable bonds is 3. The molecule has 3 rings (SSSR count). The van der Waals surface area contributed by atoms with Crippen molar-refractivity contribution < 1.29 is 15.0 Å². The lowest BCUT2D eigenvalue weighted by atomic mass is 9.79. The summed E-state index contributed by atoms with van der Waals surface area (Å²) in [7, 11) is 0. The number of urea groups is 1. The van der Waals surface area contributed by atoms with E-state index in [0.29, 0.717) is 44.3 Å². The first-order valence-corrected chi connectivity index (χ1v) is 7.97. The molecule has 4 unspecified atom stereocenters. The summed E-state index contributed by atoms with van der Waals surface area (Å²) in [5.74, 6) is 0.596. The van der Waals surface area contributed by atoms with Gasteiger partial charge in [0.2, 0.25) is 0 Å². The van der Waals surface area contributed by atoms with Gasteiger partial charge in [0.15, 0.2) is 0 Å². The predicted octanol–water partition coefficient (Wildman–Crippen LogP) is 0.176. The second-order valence-electron chi connectivity index (χ2n) is 6.39. The van der Waals surface area contributed by atoms with Crippen molar-refractivity contribution in [1.82, 2.24) is 20.0 Å². The first kappa shape index (κ1) is 15.3. The minimum Gasteiger partial charge on any atom is -0.390 e. The largest absolute Gasteiger partial charge is 0.390 e. The van der Waals surface area contributed by atoms with Crippen molar-refractivity contribution >= 4 is 6.03 Å². The minimum atomic E-state index is -0.649. The third-order valence-electron chi connectivity index (χ3n) is 4.85. The summed E-state index contributed by atoms with van der Waals surface area (Å²) < 4.78 is 1.83. The number of nitrogens with one attached hydrogen (secondary N) is 1. The van der Waals surface area contributed by atoms with Crippen LogP contribution in [0.15, 0.2) is 12.4 Å². The Morgan fingerprint density at radius 3 is 2.50 bits per heavy atom. The number of aromatic nitrogens is 2. The Kier molecular flexibility index (Phi) is 4.35. The van der Waals surface area contributed by atoms with E-state index in [0.717, 1.165) is 12.1 Å². The van der Waals surface area contributed by atoms with E-state index in [-0.39, 0.29) is 6.03 Å². The van der Waals surface area contributed by atoms with Crippen molar-refractivity contribution in [3.05, 3.63) is 18.0 Å². The van der Waals surface area contributed by atoms with Crippen LogP contribution < -0.4 is 5.32 Å². The van der Waals surface area contributed by atoms with Crippen LogP contribution in [0.4, 0.5) is 4.79 Å². The van der Waals surface area contributed by atoms with Crippen LogP contribution in [0, 0.1) is 11.8 Å². The van der Waals surface area contributed by atoms with Gasteiger partial charge in [0.1, 0.15) is 0 Å². The number of carbonyl (C=O) groups excluding carboxylic acids is 1. The van der Waals surface area contributed by atoms with E-state index in [9.17, 15) is 15.0 Å². The lowest BCUT2D eigenvalue weighted by Gasteiger charge is -2.31. The van der Waals surface area contributed by atoms with Crippen LogP contribution in [0.1, 0.15) is 25.3 Å². The molecule has 2 fully saturated rings. The normalized spacial score (nSPS) is 31.1. The molecule has 7 heteroatoms. The average Bonchev–Trinajstić information content (AvgIpc) is 3.11. The maximum Gasteiger partial charge on any atom is 0.317 e. The van der Waals surface area contributed by atoms with Gasteiger partial charge in [-0.15, -0.1) is 0 Å². The van der Waals surface area contributed by atoms with Crippen molar-refractivity contribution in [3.8, 4) is 0 Å². The van der Waals surface area contributed by atoms with Gasteiger partial charge in [-0.1, -0.05) is 0 Å². The molecule has 0 radical (unpaired) electrons. The lowest BCUT2D eigenvalue weighted by Crippen LogP contribution is -2.38. The molecule has 3 N–H and O–H groups in total. The summed E-state index contributed by atoms with van der Waals surface area (Å²) in [6.45, 7) is 4.62. The fourth-order valence-electron chi connectivity index (χ4n) is 3.53. The molecule has 7 nitrogen and oxygen atoms in total. The van der Waals surface area contributed by atoms with E-state index >= 15 is 0 Å². The van der Waals surface area contributed by atoms with E-state index in [1.807, 2.05) is 17.8 Å². The number of aryl methyl sites for hydroxylation is 1. The highest BCUT2D eigenvalue weighted by atomic mass is 16.3. The van der Waals surface area contributed by atoms with Gasteiger partial charge in [-0.05, 0) is 31.6 Å². The summed E-state index contributed by atoms with van der Waals surface area (Å²) in [5, 5.41) is 26.6. The molecule has 2 amide bonds. The number of nitrogens with zero attached hydrogens (tertiary/aromatic N) is 3. The number of fused-ring (bicyclic) bond motifs is 1. The summed E-state index contributed by atoms with van der Waals surface area (Å²) >= 11 is 0. The van der Waals surface area contributed by atoms with E-state index in [2.05, 4.69) is 10.4 Å². The molecule has 2 aliphatic rings. The van der Waals surface area contributed by atoms with Crippen LogP contribution >= 0.6 is 0 Å². The van der Waals surface area contributed by atoms with Gasteiger partial charge in [-0.2, -0.15) is 5.10 Å². The van der Waals surface area contributed by atoms with Gasteiger partial charge in [-0.3, -0.25) is 4.68 Å². The van der Waals surface area contributed by atoms with Crippen molar-refractivity contribution in [2.24, 2.45) is 11.8 Å². The number of hydrogen-bond acceptors (Lipinski definition) is 4. The molecule has 1 aliphatic heterocycles. The molecule has 1 saturated carbocycles. The van der Waals surface area contributed by atoms with E-state index < -0.39 is 12.2 Å². The number of amides is 2. The van der Waals surface area contributed by atoms with Gasteiger partial charge in [0, 0.05) is 37.9 Å². The Bertz CT molecular complexity index is 515. The molecule has 4 atom stereocenters. The molecule has 0 spiro atoms. The third-order valence-corrected chi connectivity index (χ3v) is 4.85. The van der Waals surface area contributed by atoms with Crippen molar-refractivity contribution in [2.75, 3.05) is 13.1 Å². The van der Waals surface area contributed by atoms with Crippen LogP contribution in [0.2, 0.25) is 0 Å². The van der Waals surface area contributed by atoms with Gasteiger partial charge in [-0.25, -0.2) is 4.79 Å². The zero-order valence-electron chi connectivity index (χ0n) is 12.9. The average molecular weight is 308 g/mol. The Labute approximate surface area is 129 Å². The zero-order valence-corrected chi connectivity index (χ0v) is 12.9. The molecule has 1 saturated heterocycles. The standard InChI is InChI=1S/C15H24N4O3/c1-2-19-7-10(6-17-19)5-16-15(22)18-8-11-3-13(20)14(21)4-12(11)9-18/h6-7,11-14,20-21H,2-5,8-9H2,1H3,(H,16,22). The monoisotopic (exact) mass is 308 g/mol. The maximum atomic E-state index is 12.3. The van der Waals surface area contributed by atoms with Crippen LogP contribution in [0.25, 0.3) is 0 Å².